The van der Waals surface area contributed by atoms with E-state index in [1.165, 1.54) is 27.1 Å². The van der Waals surface area contributed by atoms with Crippen LogP contribution < -0.4 is 0 Å². The molecule has 3 aromatic rings. The van der Waals surface area contributed by atoms with Gasteiger partial charge in [-0.3, -0.25) is 0 Å². The van der Waals surface area contributed by atoms with Gasteiger partial charge in [0.05, 0.1) is 0 Å². The number of hydrogen-bond acceptors (Lipinski definition) is 2. The molecule has 0 N–H and O–H groups in total. The number of benzene rings is 3. The van der Waals surface area contributed by atoms with Crippen molar-refractivity contribution in [3.63, 3.8) is 0 Å². The number of thioether (sulfide) groups is 1. The van der Waals surface area contributed by atoms with Gasteiger partial charge in [0.1, 0.15) is 0 Å². The Morgan fingerprint density at radius 2 is 1.66 bits per heavy atom. The molecule has 4 rings (SSSR count). The number of nitrogens with zero attached hydrogens (tertiary/aromatic N) is 1. The molecule has 3 aromatic carbocycles. The van der Waals surface area contributed by atoms with Gasteiger partial charge in [-0.15, -0.1) is 11.8 Å². The summed E-state index contributed by atoms with van der Waals surface area (Å²) < 4.78 is 0. The second-order valence-electron chi connectivity index (χ2n) is 7.05. The van der Waals surface area contributed by atoms with Gasteiger partial charge >= 0.3 is 0 Å². The monoisotopic (exact) mass is 443 g/mol. The fourth-order valence-electron chi connectivity index (χ4n) is 3.67. The molecule has 0 aromatic heterocycles. The van der Waals surface area contributed by atoms with E-state index in [0.29, 0.717) is 10.9 Å². The van der Waals surface area contributed by atoms with Crippen molar-refractivity contribution in [2.24, 2.45) is 0 Å². The van der Waals surface area contributed by atoms with E-state index in [1.807, 2.05) is 31.7 Å². The molecule has 0 radical (unpaired) electrons. The number of rotatable bonds is 4. The first kappa shape index (κ1) is 22.2. The normalized spacial score (nSPS) is 16.0. The van der Waals surface area contributed by atoms with Crippen LogP contribution >= 0.6 is 35.0 Å². The second kappa shape index (κ2) is 10.5. The second-order valence-corrected chi connectivity index (χ2v) is 8.94. The summed E-state index contributed by atoms with van der Waals surface area (Å²) in [6.07, 6.45) is 0. The summed E-state index contributed by atoms with van der Waals surface area (Å²) >= 11 is 14.6. The van der Waals surface area contributed by atoms with Gasteiger partial charge in [0.2, 0.25) is 0 Å². The molecule has 0 fully saturated rings. The first-order valence-electron chi connectivity index (χ1n) is 10.0. The number of fused-ring (bicyclic) bond motifs is 1. The van der Waals surface area contributed by atoms with Gasteiger partial charge in [-0.1, -0.05) is 79.5 Å². The minimum atomic E-state index is 0.295. The predicted octanol–water partition coefficient (Wildman–Crippen LogP) is 7.89. The van der Waals surface area contributed by atoms with Gasteiger partial charge < -0.3 is 4.90 Å². The van der Waals surface area contributed by atoms with E-state index < -0.39 is 0 Å². The summed E-state index contributed by atoms with van der Waals surface area (Å²) in [5.74, 6) is 1.28. The van der Waals surface area contributed by atoms with Crippen molar-refractivity contribution in [3.8, 4) is 0 Å². The third kappa shape index (κ3) is 5.58. The molecule has 1 aliphatic rings. The highest BCUT2D eigenvalue weighted by atomic mass is 35.5. The minimum absolute atomic E-state index is 0.295. The molecule has 1 atom stereocenters. The van der Waals surface area contributed by atoms with Crippen LogP contribution in [-0.2, 0) is 12.3 Å². The summed E-state index contributed by atoms with van der Waals surface area (Å²) in [6, 6.07) is 23.4. The van der Waals surface area contributed by atoms with Crippen molar-refractivity contribution in [1.29, 1.82) is 0 Å². The molecule has 0 saturated heterocycles. The van der Waals surface area contributed by atoms with Gasteiger partial charge in [0.25, 0.3) is 0 Å². The Morgan fingerprint density at radius 3 is 2.34 bits per heavy atom. The zero-order valence-corrected chi connectivity index (χ0v) is 19.5. The maximum Gasteiger partial charge on any atom is 0.0468 e. The highest BCUT2D eigenvalue weighted by Crippen LogP contribution is 2.38. The van der Waals surface area contributed by atoms with Crippen LogP contribution in [0.5, 0.6) is 0 Å². The van der Waals surface area contributed by atoms with Crippen LogP contribution in [0.2, 0.25) is 10.0 Å². The standard InChI is InChI=1S/C23H21Cl2NS.C2H6/c1-26-13-21(20-11-18(24)12-23(25)22(20)14-26)17-7-9-19(10-8-17)27-15-16-5-3-2-4-6-16;1-2/h2-12,21H,13-15H2,1H3;1-2H3. The van der Waals surface area contributed by atoms with Crippen molar-refractivity contribution in [2.75, 3.05) is 13.6 Å². The Labute approximate surface area is 189 Å². The zero-order chi connectivity index (χ0) is 20.8. The summed E-state index contributed by atoms with van der Waals surface area (Å²) in [4.78, 5) is 3.61. The molecule has 0 saturated carbocycles. The molecule has 0 aliphatic carbocycles. The quantitative estimate of drug-likeness (QED) is 0.377. The Balaban J connectivity index is 0.00000117. The molecular weight excluding hydrogens is 417 g/mol. The fraction of sp³-hybridized carbons (Fsp3) is 0.280. The van der Waals surface area contributed by atoms with Crippen molar-refractivity contribution < 1.29 is 0 Å². The first-order chi connectivity index (χ1) is 14.1. The predicted molar refractivity (Wildman–Crippen MR) is 128 cm³/mol. The van der Waals surface area contributed by atoms with Gasteiger partial charge in [0, 0.05) is 39.7 Å². The lowest BCUT2D eigenvalue weighted by atomic mass is 9.85. The van der Waals surface area contributed by atoms with Crippen molar-refractivity contribution in [3.05, 3.63) is 99.0 Å². The third-order valence-electron chi connectivity index (χ3n) is 5.02. The first-order valence-corrected chi connectivity index (χ1v) is 11.8. The average molecular weight is 444 g/mol. The van der Waals surface area contributed by atoms with E-state index in [1.54, 1.807) is 0 Å². The summed E-state index contributed by atoms with van der Waals surface area (Å²) in [7, 11) is 2.14. The molecular formula is C25H27Cl2NS. The molecule has 1 heterocycles. The van der Waals surface area contributed by atoms with E-state index in [2.05, 4.69) is 72.6 Å². The molecule has 1 aliphatic heterocycles. The van der Waals surface area contributed by atoms with Gasteiger partial charge in [-0.2, -0.15) is 0 Å². The molecule has 1 unspecified atom stereocenters. The smallest absolute Gasteiger partial charge is 0.0468 e. The van der Waals surface area contributed by atoms with E-state index >= 15 is 0 Å². The fourth-order valence-corrected chi connectivity index (χ4v) is 5.09. The lowest BCUT2D eigenvalue weighted by molar-refractivity contribution is 0.295. The van der Waals surface area contributed by atoms with Crippen LogP contribution in [-0.4, -0.2) is 18.5 Å². The lowest BCUT2D eigenvalue weighted by Gasteiger charge is -2.33. The Hall–Kier alpha value is -1.45. The van der Waals surface area contributed by atoms with Gasteiger partial charge in [0.15, 0.2) is 0 Å². The van der Waals surface area contributed by atoms with Crippen LogP contribution in [0.25, 0.3) is 0 Å². The van der Waals surface area contributed by atoms with Crippen LogP contribution in [0, 0.1) is 0 Å². The van der Waals surface area contributed by atoms with E-state index in [4.69, 9.17) is 23.2 Å². The molecule has 4 heteroatoms. The summed E-state index contributed by atoms with van der Waals surface area (Å²) in [5.41, 5.74) is 5.11. The summed E-state index contributed by atoms with van der Waals surface area (Å²) in [5, 5.41) is 1.48. The van der Waals surface area contributed by atoms with Gasteiger partial charge in [-0.05, 0) is 53.6 Å². The van der Waals surface area contributed by atoms with Crippen molar-refractivity contribution >= 4 is 35.0 Å². The van der Waals surface area contributed by atoms with Crippen molar-refractivity contribution in [1.82, 2.24) is 4.90 Å². The maximum atomic E-state index is 6.48. The Morgan fingerprint density at radius 1 is 0.966 bits per heavy atom. The zero-order valence-electron chi connectivity index (χ0n) is 17.2. The molecule has 0 amide bonds. The topological polar surface area (TPSA) is 3.24 Å². The average Bonchev–Trinajstić information content (AvgIpc) is 2.75. The minimum Gasteiger partial charge on any atom is -0.301 e. The molecule has 152 valence electrons. The number of hydrogen-bond donors (Lipinski definition) is 0. The van der Waals surface area contributed by atoms with E-state index in [0.717, 1.165) is 23.9 Å². The Kier molecular flexibility index (Phi) is 8.08. The third-order valence-corrected chi connectivity index (χ3v) is 6.66. The lowest BCUT2D eigenvalue weighted by Crippen LogP contribution is -2.31. The molecule has 29 heavy (non-hydrogen) atoms. The molecule has 0 bridgehead atoms. The van der Waals surface area contributed by atoms with Crippen LogP contribution in [0.1, 0.15) is 42.0 Å². The molecule has 1 nitrogen and oxygen atoms in total. The highest BCUT2D eigenvalue weighted by Gasteiger charge is 2.26. The highest BCUT2D eigenvalue weighted by molar-refractivity contribution is 7.98. The van der Waals surface area contributed by atoms with E-state index in [9.17, 15) is 0 Å². The maximum absolute atomic E-state index is 6.48. The van der Waals surface area contributed by atoms with Gasteiger partial charge in [-0.25, -0.2) is 0 Å². The van der Waals surface area contributed by atoms with Crippen LogP contribution in [0.3, 0.4) is 0 Å². The van der Waals surface area contributed by atoms with Crippen molar-refractivity contribution in [2.45, 2.75) is 37.0 Å². The number of halogens is 2. The van der Waals surface area contributed by atoms with Crippen LogP contribution in [0.4, 0.5) is 0 Å². The van der Waals surface area contributed by atoms with E-state index in [-0.39, 0.29) is 0 Å². The SMILES string of the molecule is CC.CN1Cc2c(Cl)cc(Cl)cc2C(c2ccc(SCc3ccccc3)cc2)C1. The summed E-state index contributed by atoms with van der Waals surface area (Å²) in [6.45, 7) is 5.84. The Bertz CT molecular complexity index is 926. The molecule has 0 spiro atoms. The largest absolute Gasteiger partial charge is 0.301 e. The van der Waals surface area contributed by atoms with Crippen LogP contribution in [0.15, 0.2) is 71.6 Å². The number of likely N-dealkylation sites (N-methyl/N-ethyl adjacent to an activating group) is 1.